The Morgan fingerprint density at radius 1 is 0.871 bits per heavy atom. The van der Waals surface area contributed by atoms with Gasteiger partial charge >= 0.3 is 0 Å². The lowest BCUT2D eigenvalue weighted by Crippen LogP contribution is -2.50. The number of carbonyl (C=O) groups is 2. The van der Waals surface area contributed by atoms with Crippen LogP contribution in [-0.4, -0.2) is 60.4 Å². The second-order valence-electron chi connectivity index (χ2n) is 8.56. The molecule has 0 saturated carbocycles. The summed E-state index contributed by atoms with van der Waals surface area (Å²) in [5, 5.41) is 0. The lowest BCUT2D eigenvalue weighted by atomic mass is 9.95. The Kier molecular flexibility index (Phi) is 5.90. The molecule has 31 heavy (non-hydrogen) atoms. The van der Waals surface area contributed by atoms with Crippen LogP contribution in [0, 0.1) is 0 Å². The zero-order valence-electron chi connectivity index (χ0n) is 17.8. The summed E-state index contributed by atoms with van der Waals surface area (Å²) in [6, 6.07) is 16.5. The van der Waals surface area contributed by atoms with E-state index in [0.29, 0.717) is 19.5 Å². The number of anilines is 2. The largest absolute Gasteiger partial charge is 0.370 e. The van der Waals surface area contributed by atoms with Crippen LogP contribution in [0.4, 0.5) is 11.4 Å². The minimum Gasteiger partial charge on any atom is -0.370 e. The zero-order valence-corrected chi connectivity index (χ0v) is 18.7. The number of rotatable bonds is 3. The molecule has 2 amide bonds. The molecule has 162 valence electrons. The minimum absolute atomic E-state index is 0.101. The second-order valence-corrected chi connectivity index (χ2v) is 9.79. The topological polar surface area (TPSA) is 43.9 Å². The number of piperidine rings is 1. The molecule has 0 N–H and O–H groups in total. The number of nitrogens with zero attached hydrogens (tertiary/aromatic N) is 3. The monoisotopic (exact) mass is 435 g/mol. The summed E-state index contributed by atoms with van der Waals surface area (Å²) in [4.78, 5) is 32.1. The summed E-state index contributed by atoms with van der Waals surface area (Å²) >= 11 is 2.00. The van der Waals surface area contributed by atoms with E-state index >= 15 is 0 Å². The van der Waals surface area contributed by atoms with Crippen molar-refractivity contribution in [3.8, 4) is 0 Å². The molecule has 0 bridgehead atoms. The Morgan fingerprint density at radius 2 is 1.58 bits per heavy atom. The van der Waals surface area contributed by atoms with Crippen molar-refractivity contribution in [2.45, 2.75) is 31.7 Å². The molecule has 5 nitrogen and oxygen atoms in total. The van der Waals surface area contributed by atoms with Crippen LogP contribution in [0.25, 0.3) is 0 Å². The normalized spacial score (nSPS) is 20.0. The van der Waals surface area contributed by atoms with Gasteiger partial charge in [0.15, 0.2) is 0 Å². The highest BCUT2D eigenvalue weighted by molar-refractivity contribution is 7.99. The van der Waals surface area contributed by atoms with Gasteiger partial charge in [-0.1, -0.05) is 18.2 Å². The molecule has 2 aromatic rings. The van der Waals surface area contributed by atoms with E-state index in [4.69, 9.17) is 0 Å². The molecule has 0 spiro atoms. The average molecular weight is 436 g/mol. The van der Waals surface area contributed by atoms with Crippen molar-refractivity contribution < 1.29 is 9.59 Å². The number of benzene rings is 2. The quantitative estimate of drug-likeness (QED) is 0.735. The predicted octanol–water partition coefficient (Wildman–Crippen LogP) is 3.82. The summed E-state index contributed by atoms with van der Waals surface area (Å²) < 4.78 is 0. The van der Waals surface area contributed by atoms with Gasteiger partial charge in [-0.3, -0.25) is 9.59 Å². The number of hydrogen-bond acceptors (Lipinski definition) is 4. The van der Waals surface area contributed by atoms with Crippen LogP contribution in [0.15, 0.2) is 48.5 Å². The van der Waals surface area contributed by atoms with Gasteiger partial charge in [-0.05, 0) is 55.2 Å². The Hall–Kier alpha value is -2.47. The third kappa shape index (κ3) is 4.18. The van der Waals surface area contributed by atoms with Crippen LogP contribution >= 0.6 is 11.8 Å². The van der Waals surface area contributed by atoms with E-state index < -0.39 is 0 Å². The summed E-state index contributed by atoms with van der Waals surface area (Å²) in [6.45, 7) is 3.54. The first-order valence-corrected chi connectivity index (χ1v) is 12.5. The van der Waals surface area contributed by atoms with Crippen LogP contribution in [0.3, 0.4) is 0 Å². The van der Waals surface area contributed by atoms with E-state index in [2.05, 4.69) is 29.2 Å². The molecule has 3 heterocycles. The molecule has 0 unspecified atom stereocenters. The highest BCUT2D eigenvalue weighted by Gasteiger charge is 2.33. The average Bonchev–Trinajstić information content (AvgIpc) is 2.84. The maximum absolute atomic E-state index is 13.1. The van der Waals surface area contributed by atoms with Gasteiger partial charge in [-0.2, -0.15) is 11.8 Å². The molecule has 2 saturated heterocycles. The highest BCUT2D eigenvalue weighted by Crippen LogP contribution is 2.32. The minimum atomic E-state index is 0.101. The van der Waals surface area contributed by atoms with Crippen LogP contribution in [-0.2, 0) is 11.2 Å². The molecular formula is C25H29N3O2S. The van der Waals surface area contributed by atoms with Crippen molar-refractivity contribution in [1.29, 1.82) is 0 Å². The van der Waals surface area contributed by atoms with Gasteiger partial charge in [-0.15, -0.1) is 0 Å². The predicted molar refractivity (Wildman–Crippen MR) is 127 cm³/mol. The van der Waals surface area contributed by atoms with Gasteiger partial charge in [0.25, 0.3) is 5.91 Å². The van der Waals surface area contributed by atoms with Crippen molar-refractivity contribution in [3.05, 3.63) is 59.7 Å². The van der Waals surface area contributed by atoms with Gasteiger partial charge in [0, 0.05) is 67.1 Å². The molecule has 0 radical (unpaired) electrons. The summed E-state index contributed by atoms with van der Waals surface area (Å²) in [7, 11) is 0. The number of carbonyl (C=O) groups excluding carboxylic acids is 2. The first-order valence-electron chi connectivity index (χ1n) is 11.3. The highest BCUT2D eigenvalue weighted by atomic mass is 32.2. The number of para-hydroxylation sites is 1. The number of hydrogen-bond donors (Lipinski definition) is 0. The Bertz CT molecular complexity index is 947. The van der Waals surface area contributed by atoms with Crippen LogP contribution in [0.2, 0.25) is 0 Å². The molecule has 0 atom stereocenters. The van der Waals surface area contributed by atoms with E-state index in [9.17, 15) is 9.59 Å². The van der Waals surface area contributed by atoms with Gasteiger partial charge in [0.05, 0.1) is 0 Å². The lowest BCUT2D eigenvalue weighted by Gasteiger charge is -2.41. The SMILES string of the molecule is O=C(c1ccc(N2CCSCC2)cc1)N1CCC(N2C(=O)CCc3ccccc32)CC1. The second kappa shape index (κ2) is 8.95. The fourth-order valence-corrected chi connectivity index (χ4v) is 5.90. The molecule has 2 aromatic carbocycles. The van der Waals surface area contributed by atoms with E-state index in [1.165, 1.54) is 22.8 Å². The Labute approximate surface area is 188 Å². The van der Waals surface area contributed by atoms with Gasteiger partial charge < -0.3 is 14.7 Å². The van der Waals surface area contributed by atoms with Crippen molar-refractivity contribution in [2.24, 2.45) is 0 Å². The molecule has 0 aliphatic carbocycles. The fourth-order valence-electron chi connectivity index (χ4n) is 5.00. The number of aryl methyl sites for hydroxylation is 1. The summed E-state index contributed by atoms with van der Waals surface area (Å²) in [5.74, 6) is 2.65. The molecule has 6 heteroatoms. The Morgan fingerprint density at radius 3 is 2.32 bits per heavy atom. The molecule has 3 aliphatic heterocycles. The van der Waals surface area contributed by atoms with Crippen molar-refractivity contribution >= 4 is 35.0 Å². The summed E-state index contributed by atoms with van der Waals surface area (Å²) in [5.41, 5.74) is 4.29. The molecular weight excluding hydrogens is 406 g/mol. The molecule has 0 aromatic heterocycles. The van der Waals surface area contributed by atoms with E-state index in [-0.39, 0.29) is 17.9 Å². The van der Waals surface area contributed by atoms with Gasteiger partial charge in [-0.25, -0.2) is 0 Å². The van der Waals surface area contributed by atoms with Gasteiger partial charge in [0.1, 0.15) is 0 Å². The van der Waals surface area contributed by atoms with Gasteiger partial charge in [0.2, 0.25) is 5.91 Å². The number of likely N-dealkylation sites (tertiary alicyclic amines) is 1. The van der Waals surface area contributed by atoms with Crippen molar-refractivity contribution in [2.75, 3.05) is 47.5 Å². The van der Waals surface area contributed by atoms with E-state index in [0.717, 1.165) is 43.6 Å². The first kappa shape index (κ1) is 20.4. The number of fused-ring (bicyclic) bond motifs is 1. The zero-order chi connectivity index (χ0) is 21.2. The third-order valence-corrected chi connectivity index (χ3v) is 7.68. The molecule has 3 aliphatic rings. The standard InChI is InChI=1S/C25H29N3O2S/c29-24-10-7-19-3-1-2-4-23(19)28(24)22-11-13-27(14-12-22)25(30)20-5-8-21(9-6-20)26-15-17-31-18-16-26/h1-6,8-9,22H,7,10-18H2. The van der Waals surface area contributed by atoms with Crippen LogP contribution < -0.4 is 9.80 Å². The van der Waals surface area contributed by atoms with E-state index in [1.54, 1.807) is 0 Å². The number of thioether (sulfide) groups is 1. The maximum atomic E-state index is 13.1. The van der Waals surface area contributed by atoms with E-state index in [1.807, 2.05) is 45.8 Å². The lowest BCUT2D eigenvalue weighted by molar-refractivity contribution is -0.119. The number of amides is 2. The fraction of sp³-hybridized carbons (Fsp3) is 0.440. The van der Waals surface area contributed by atoms with Crippen molar-refractivity contribution in [3.63, 3.8) is 0 Å². The maximum Gasteiger partial charge on any atom is 0.253 e. The Balaban J connectivity index is 1.22. The summed E-state index contributed by atoms with van der Waals surface area (Å²) in [6.07, 6.45) is 3.07. The molecule has 5 rings (SSSR count). The smallest absolute Gasteiger partial charge is 0.253 e. The third-order valence-electron chi connectivity index (χ3n) is 6.74. The van der Waals surface area contributed by atoms with Crippen molar-refractivity contribution in [1.82, 2.24) is 4.90 Å². The van der Waals surface area contributed by atoms with Crippen LogP contribution in [0.5, 0.6) is 0 Å². The molecule has 2 fully saturated rings. The first-order chi connectivity index (χ1) is 15.2. The van der Waals surface area contributed by atoms with Crippen LogP contribution in [0.1, 0.15) is 35.2 Å².